The van der Waals surface area contributed by atoms with E-state index in [1.54, 1.807) is 24.3 Å². The molecule has 0 aromatic heterocycles. The lowest BCUT2D eigenvalue weighted by Gasteiger charge is -2.33. The van der Waals surface area contributed by atoms with Crippen LogP contribution in [0.2, 0.25) is 0 Å². The Labute approximate surface area is 214 Å². The van der Waals surface area contributed by atoms with Crippen LogP contribution in [0, 0.1) is 5.92 Å². The number of rotatable bonds is 9. The van der Waals surface area contributed by atoms with Crippen molar-refractivity contribution in [2.45, 2.75) is 63.6 Å². The summed E-state index contributed by atoms with van der Waals surface area (Å²) in [5.74, 6) is 1.25. The second-order valence-corrected chi connectivity index (χ2v) is 11.8. The van der Waals surface area contributed by atoms with Gasteiger partial charge in [0.2, 0.25) is 15.9 Å². The molecule has 1 heterocycles. The predicted molar refractivity (Wildman–Crippen MR) is 140 cm³/mol. The maximum atomic E-state index is 12.5. The van der Waals surface area contributed by atoms with Gasteiger partial charge in [-0.1, -0.05) is 31.4 Å². The summed E-state index contributed by atoms with van der Waals surface area (Å²) in [6.07, 6.45) is 7.34. The molecule has 0 unspecified atom stereocenters. The third-order valence-corrected chi connectivity index (χ3v) is 7.63. The van der Waals surface area contributed by atoms with Crippen molar-refractivity contribution in [3.8, 4) is 11.5 Å². The summed E-state index contributed by atoms with van der Waals surface area (Å²) in [7, 11) is -3.31. The number of hydrogen-bond acceptors (Lipinski definition) is 6. The Bertz CT molecular complexity index is 1090. The van der Waals surface area contributed by atoms with Gasteiger partial charge in [0.15, 0.2) is 0 Å². The van der Waals surface area contributed by atoms with Gasteiger partial charge in [-0.25, -0.2) is 8.42 Å². The fourth-order valence-corrected chi connectivity index (χ4v) is 5.61. The van der Waals surface area contributed by atoms with Crippen molar-refractivity contribution >= 4 is 21.6 Å². The van der Waals surface area contributed by atoms with Crippen molar-refractivity contribution in [2.75, 3.05) is 24.1 Å². The molecule has 1 aliphatic heterocycles. The van der Waals surface area contributed by atoms with Gasteiger partial charge in [0, 0.05) is 31.4 Å². The molecular weight excluding hydrogens is 478 g/mol. The van der Waals surface area contributed by atoms with Crippen LogP contribution in [0.4, 0.5) is 5.69 Å². The first-order valence-corrected chi connectivity index (χ1v) is 14.7. The van der Waals surface area contributed by atoms with E-state index in [2.05, 4.69) is 14.9 Å². The predicted octanol–water partition coefficient (Wildman–Crippen LogP) is 3.87. The number of carbonyl (C=O) groups excluding carboxylic acids is 1. The molecule has 0 bridgehead atoms. The van der Waals surface area contributed by atoms with Gasteiger partial charge in [-0.15, -0.1) is 0 Å². The van der Waals surface area contributed by atoms with Crippen molar-refractivity contribution in [2.24, 2.45) is 5.92 Å². The normalized spacial score (nSPS) is 18.9. The number of hydrogen-bond donors (Lipinski definition) is 3. The zero-order chi connectivity index (χ0) is 25.5. The summed E-state index contributed by atoms with van der Waals surface area (Å²) in [5, 5.41) is 13.5. The van der Waals surface area contributed by atoms with Crippen LogP contribution in [0.25, 0.3) is 0 Å². The summed E-state index contributed by atoms with van der Waals surface area (Å²) in [4.78, 5) is 14.9. The molecule has 1 saturated heterocycles. The number of piperidine rings is 1. The van der Waals surface area contributed by atoms with Gasteiger partial charge in [-0.2, -0.15) is 0 Å². The SMILES string of the molecule is CS(=O)(=O)Nc1ccc(Oc2ccc(CN3CCC(NC(=O)[C@@H](O)C4CCCCC4)CC3)cc2)cc1. The number of amides is 1. The number of ether oxygens (including phenoxy) is 1. The molecule has 0 radical (unpaired) electrons. The molecule has 2 fully saturated rings. The molecule has 4 rings (SSSR count). The van der Waals surface area contributed by atoms with E-state index in [9.17, 15) is 18.3 Å². The second kappa shape index (κ2) is 12.1. The summed E-state index contributed by atoms with van der Waals surface area (Å²) in [6.45, 7) is 2.63. The molecule has 9 heteroatoms. The summed E-state index contributed by atoms with van der Waals surface area (Å²) < 4.78 is 30.9. The fraction of sp³-hybridized carbons (Fsp3) is 0.519. The van der Waals surface area contributed by atoms with E-state index in [1.807, 2.05) is 24.3 Å². The molecule has 8 nitrogen and oxygen atoms in total. The topological polar surface area (TPSA) is 108 Å². The maximum Gasteiger partial charge on any atom is 0.249 e. The van der Waals surface area contributed by atoms with Crippen LogP contribution < -0.4 is 14.8 Å². The van der Waals surface area contributed by atoms with Crippen molar-refractivity contribution in [1.29, 1.82) is 0 Å². The van der Waals surface area contributed by atoms with Crippen molar-refractivity contribution in [3.63, 3.8) is 0 Å². The van der Waals surface area contributed by atoms with Gasteiger partial charge in [-0.05, 0) is 73.6 Å². The highest BCUT2D eigenvalue weighted by molar-refractivity contribution is 7.92. The van der Waals surface area contributed by atoms with Crippen molar-refractivity contribution in [1.82, 2.24) is 10.2 Å². The van der Waals surface area contributed by atoms with E-state index in [1.165, 1.54) is 12.0 Å². The van der Waals surface area contributed by atoms with Gasteiger partial charge < -0.3 is 15.2 Å². The number of nitrogens with zero attached hydrogens (tertiary/aromatic N) is 1. The third kappa shape index (κ3) is 7.94. The van der Waals surface area contributed by atoms with Crippen LogP contribution in [0.5, 0.6) is 11.5 Å². The van der Waals surface area contributed by atoms with E-state index >= 15 is 0 Å². The van der Waals surface area contributed by atoms with E-state index in [0.29, 0.717) is 17.2 Å². The Balaban J connectivity index is 1.20. The Morgan fingerprint density at radius 3 is 2.14 bits per heavy atom. The highest BCUT2D eigenvalue weighted by atomic mass is 32.2. The molecule has 2 aromatic rings. The number of aliphatic hydroxyl groups is 1. The molecule has 1 atom stereocenters. The lowest BCUT2D eigenvalue weighted by atomic mass is 9.85. The largest absolute Gasteiger partial charge is 0.457 e. The smallest absolute Gasteiger partial charge is 0.249 e. The van der Waals surface area contributed by atoms with Gasteiger partial charge in [0.05, 0.1) is 6.26 Å². The number of aliphatic hydroxyl groups excluding tert-OH is 1. The first-order valence-electron chi connectivity index (χ1n) is 12.8. The van der Waals surface area contributed by atoms with Crippen molar-refractivity contribution < 1.29 is 23.1 Å². The quantitative estimate of drug-likeness (QED) is 0.468. The standard InChI is InChI=1S/C27H37N3O5S/c1-36(33,34)29-23-9-13-25(14-10-23)35-24-11-7-20(8-12-24)19-30-17-15-22(16-18-30)28-27(32)26(31)21-5-3-2-4-6-21/h7-14,21-22,26,29,31H,2-6,15-19H2,1H3,(H,28,32)/t26-/m0/s1. The van der Waals surface area contributed by atoms with Crippen LogP contribution in [0.3, 0.4) is 0 Å². The van der Waals surface area contributed by atoms with Crippen LogP contribution in [0.15, 0.2) is 48.5 Å². The zero-order valence-corrected chi connectivity index (χ0v) is 21.7. The minimum atomic E-state index is -3.31. The number of carbonyl (C=O) groups is 1. The highest BCUT2D eigenvalue weighted by Gasteiger charge is 2.29. The Morgan fingerprint density at radius 1 is 0.972 bits per heavy atom. The number of nitrogens with one attached hydrogen (secondary N) is 2. The zero-order valence-electron chi connectivity index (χ0n) is 20.9. The Kier molecular flexibility index (Phi) is 8.87. The molecule has 2 aromatic carbocycles. The molecule has 196 valence electrons. The van der Waals surface area contributed by atoms with Gasteiger partial charge >= 0.3 is 0 Å². The van der Waals surface area contributed by atoms with Gasteiger partial charge in [0.1, 0.15) is 17.6 Å². The average molecular weight is 516 g/mol. The van der Waals surface area contributed by atoms with Crippen LogP contribution in [-0.4, -0.2) is 55.8 Å². The maximum absolute atomic E-state index is 12.5. The third-order valence-electron chi connectivity index (χ3n) is 7.02. The van der Waals surface area contributed by atoms with E-state index in [4.69, 9.17) is 4.74 Å². The Hall–Kier alpha value is -2.62. The number of anilines is 1. The average Bonchev–Trinajstić information content (AvgIpc) is 2.87. The molecule has 36 heavy (non-hydrogen) atoms. The van der Waals surface area contributed by atoms with Crippen molar-refractivity contribution in [3.05, 3.63) is 54.1 Å². The second-order valence-electron chi connectivity index (χ2n) is 10.0. The van der Waals surface area contributed by atoms with E-state index in [-0.39, 0.29) is 17.9 Å². The monoisotopic (exact) mass is 515 g/mol. The summed E-state index contributed by atoms with van der Waals surface area (Å²) >= 11 is 0. The number of likely N-dealkylation sites (tertiary alicyclic amines) is 1. The minimum Gasteiger partial charge on any atom is -0.457 e. The van der Waals surface area contributed by atoms with Crippen LogP contribution in [-0.2, 0) is 21.4 Å². The van der Waals surface area contributed by atoms with Crippen LogP contribution in [0.1, 0.15) is 50.5 Å². The molecular formula is C27H37N3O5S. The summed E-state index contributed by atoms with van der Waals surface area (Å²) in [6, 6.07) is 14.8. The first kappa shape index (κ1) is 26.4. The summed E-state index contributed by atoms with van der Waals surface area (Å²) in [5.41, 5.74) is 1.68. The lowest BCUT2D eigenvalue weighted by molar-refractivity contribution is -0.133. The molecule has 0 spiro atoms. The molecule has 3 N–H and O–H groups in total. The number of sulfonamides is 1. The van der Waals surface area contributed by atoms with Crippen LogP contribution >= 0.6 is 0 Å². The minimum absolute atomic E-state index is 0.113. The Morgan fingerprint density at radius 2 is 1.56 bits per heavy atom. The fourth-order valence-electron chi connectivity index (χ4n) is 5.05. The first-order chi connectivity index (χ1) is 17.2. The van der Waals surface area contributed by atoms with E-state index < -0.39 is 16.1 Å². The molecule has 1 aliphatic carbocycles. The molecule has 2 aliphatic rings. The number of benzene rings is 2. The molecule has 1 amide bonds. The van der Waals surface area contributed by atoms with Gasteiger partial charge in [0.25, 0.3) is 0 Å². The lowest BCUT2D eigenvalue weighted by Crippen LogP contribution is -2.49. The van der Waals surface area contributed by atoms with E-state index in [0.717, 1.165) is 64.4 Å². The molecule has 1 saturated carbocycles. The van der Waals surface area contributed by atoms with Gasteiger partial charge in [-0.3, -0.25) is 14.4 Å². The highest BCUT2D eigenvalue weighted by Crippen LogP contribution is 2.27.